The van der Waals surface area contributed by atoms with Gasteiger partial charge in [0.15, 0.2) is 0 Å². The average molecular weight is 234 g/mol. The number of hydrogen-bond acceptors (Lipinski definition) is 2. The Balaban J connectivity index is 1.93. The van der Waals surface area contributed by atoms with Gasteiger partial charge in [-0.2, -0.15) is 5.10 Å². The number of rotatable bonds is 3. The van der Waals surface area contributed by atoms with Crippen LogP contribution in [0, 0.1) is 0 Å². The Morgan fingerprint density at radius 1 is 1.38 bits per heavy atom. The monoisotopic (exact) mass is 233 g/mol. The van der Waals surface area contributed by atoms with Gasteiger partial charge in [0.2, 0.25) is 0 Å². The van der Waals surface area contributed by atoms with Crippen LogP contribution in [-0.2, 0) is 5.88 Å². The highest BCUT2D eigenvalue weighted by molar-refractivity contribution is 6.16. The molecule has 2 heterocycles. The van der Waals surface area contributed by atoms with Crippen LogP contribution in [0.4, 0.5) is 0 Å². The predicted molar refractivity (Wildman–Crippen MR) is 62.9 cm³/mol. The van der Waals surface area contributed by atoms with E-state index in [-0.39, 0.29) is 0 Å². The molecule has 0 radical (unpaired) electrons. The Morgan fingerprint density at radius 2 is 2.25 bits per heavy atom. The van der Waals surface area contributed by atoms with Crippen molar-refractivity contribution < 1.29 is 0 Å². The maximum atomic E-state index is 5.76. The Kier molecular flexibility index (Phi) is 2.40. The average Bonchev–Trinajstić information content (AvgIpc) is 3.07. The summed E-state index contributed by atoms with van der Waals surface area (Å²) >= 11 is 5.76. The van der Waals surface area contributed by atoms with Crippen molar-refractivity contribution in [1.29, 1.82) is 0 Å². The molecule has 0 N–H and O–H groups in total. The minimum Gasteiger partial charge on any atom is -0.260 e. The third kappa shape index (κ3) is 1.83. The first-order chi connectivity index (χ1) is 7.86. The van der Waals surface area contributed by atoms with Crippen molar-refractivity contribution in [2.45, 2.75) is 24.6 Å². The van der Waals surface area contributed by atoms with Gasteiger partial charge in [0.1, 0.15) is 0 Å². The molecule has 1 aliphatic rings. The topological polar surface area (TPSA) is 30.7 Å². The SMILES string of the molecule is ClCc1cc(-n2ccc(C3CC3)n2)ccn1. The summed E-state index contributed by atoms with van der Waals surface area (Å²) in [5, 5.41) is 4.56. The molecule has 82 valence electrons. The van der Waals surface area contributed by atoms with Crippen LogP contribution in [0.15, 0.2) is 30.6 Å². The molecule has 0 atom stereocenters. The van der Waals surface area contributed by atoms with Crippen molar-refractivity contribution in [3.05, 3.63) is 42.0 Å². The smallest absolute Gasteiger partial charge is 0.0679 e. The summed E-state index contributed by atoms with van der Waals surface area (Å²) in [5.74, 6) is 1.13. The number of aromatic nitrogens is 3. The van der Waals surface area contributed by atoms with Gasteiger partial charge in [-0.3, -0.25) is 4.98 Å². The molecule has 1 aliphatic carbocycles. The molecule has 0 spiro atoms. The minimum atomic E-state index is 0.435. The van der Waals surface area contributed by atoms with Gasteiger partial charge in [0, 0.05) is 18.3 Å². The first-order valence-electron chi connectivity index (χ1n) is 5.43. The van der Waals surface area contributed by atoms with E-state index in [1.54, 1.807) is 6.20 Å². The highest BCUT2D eigenvalue weighted by Gasteiger charge is 2.25. The fourth-order valence-electron chi connectivity index (χ4n) is 1.76. The molecule has 0 unspecified atom stereocenters. The van der Waals surface area contributed by atoms with Gasteiger partial charge in [-0.05, 0) is 31.0 Å². The van der Waals surface area contributed by atoms with Gasteiger partial charge in [-0.1, -0.05) is 0 Å². The molecule has 0 aromatic carbocycles. The molecule has 2 aromatic rings. The van der Waals surface area contributed by atoms with Gasteiger partial charge >= 0.3 is 0 Å². The van der Waals surface area contributed by atoms with Crippen LogP contribution in [0.5, 0.6) is 0 Å². The van der Waals surface area contributed by atoms with Crippen molar-refractivity contribution in [1.82, 2.24) is 14.8 Å². The molecule has 0 bridgehead atoms. The maximum Gasteiger partial charge on any atom is 0.0679 e. The van der Waals surface area contributed by atoms with E-state index in [0.717, 1.165) is 11.4 Å². The summed E-state index contributed by atoms with van der Waals surface area (Å²) in [6, 6.07) is 6.01. The maximum absolute atomic E-state index is 5.76. The van der Waals surface area contributed by atoms with Gasteiger partial charge in [0.25, 0.3) is 0 Å². The Morgan fingerprint density at radius 3 is 3.00 bits per heavy atom. The van der Waals surface area contributed by atoms with Crippen LogP contribution in [0.1, 0.15) is 30.1 Å². The van der Waals surface area contributed by atoms with Crippen LogP contribution in [0.25, 0.3) is 5.69 Å². The van der Waals surface area contributed by atoms with E-state index in [2.05, 4.69) is 16.1 Å². The lowest BCUT2D eigenvalue weighted by molar-refractivity contribution is 0.833. The predicted octanol–water partition coefficient (Wildman–Crippen LogP) is 2.88. The molecule has 1 saturated carbocycles. The Labute approximate surface area is 99.1 Å². The number of alkyl halides is 1. The molecule has 0 amide bonds. The summed E-state index contributed by atoms with van der Waals surface area (Å²) in [6.07, 6.45) is 6.33. The second kappa shape index (κ2) is 3.91. The number of halogens is 1. The third-order valence-corrected chi connectivity index (χ3v) is 3.08. The Hall–Kier alpha value is -1.35. The van der Waals surface area contributed by atoms with Gasteiger partial charge in [-0.25, -0.2) is 4.68 Å². The highest BCUT2D eigenvalue weighted by Crippen LogP contribution is 2.38. The van der Waals surface area contributed by atoms with E-state index in [1.807, 2.05) is 23.0 Å². The van der Waals surface area contributed by atoms with Gasteiger partial charge < -0.3 is 0 Å². The second-order valence-corrected chi connectivity index (χ2v) is 4.37. The number of pyridine rings is 1. The zero-order valence-corrected chi connectivity index (χ0v) is 9.56. The fraction of sp³-hybridized carbons (Fsp3) is 0.333. The lowest BCUT2D eigenvalue weighted by atomic mass is 10.3. The molecule has 4 heteroatoms. The molecule has 1 fully saturated rings. The summed E-state index contributed by atoms with van der Waals surface area (Å²) < 4.78 is 1.89. The summed E-state index contributed by atoms with van der Waals surface area (Å²) in [7, 11) is 0. The summed E-state index contributed by atoms with van der Waals surface area (Å²) in [4.78, 5) is 4.16. The number of hydrogen-bond donors (Lipinski definition) is 0. The van der Waals surface area contributed by atoms with Crippen molar-refractivity contribution in [3.63, 3.8) is 0 Å². The van der Waals surface area contributed by atoms with E-state index in [4.69, 9.17) is 11.6 Å². The molecule has 0 saturated heterocycles. The van der Waals surface area contributed by atoms with Crippen LogP contribution < -0.4 is 0 Å². The lowest BCUT2D eigenvalue weighted by Gasteiger charge is -2.02. The highest BCUT2D eigenvalue weighted by atomic mass is 35.5. The van der Waals surface area contributed by atoms with Crippen LogP contribution in [0.3, 0.4) is 0 Å². The minimum absolute atomic E-state index is 0.435. The zero-order chi connectivity index (χ0) is 11.0. The molecule has 16 heavy (non-hydrogen) atoms. The van der Waals surface area contributed by atoms with Crippen LogP contribution >= 0.6 is 11.6 Å². The molecule has 0 aliphatic heterocycles. The largest absolute Gasteiger partial charge is 0.260 e. The van der Waals surface area contributed by atoms with Gasteiger partial charge in [-0.15, -0.1) is 11.6 Å². The number of nitrogens with zero attached hydrogens (tertiary/aromatic N) is 3. The molecule has 3 nitrogen and oxygen atoms in total. The lowest BCUT2D eigenvalue weighted by Crippen LogP contribution is -1.97. The zero-order valence-electron chi connectivity index (χ0n) is 8.81. The quantitative estimate of drug-likeness (QED) is 0.764. The first-order valence-corrected chi connectivity index (χ1v) is 5.97. The third-order valence-electron chi connectivity index (χ3n) is 2.81. The van der Waals surface area contributed by atoms with Crippen molar-refractivity contribution >= 4 is 11.6 Å². The van der Waals surface area contributed by atoms with Crippen LogP contribution in [-0.4, -0.2) is 14.8 Å². The van der Waals surface area contributed by atoms with E-state index < -0.39 is 0 Å². The second-order valence-electron chi connectivity index (χ2n) is 4.10. The summed E-state index contributed by atoms with van der Waals surface area (Å²) in [5.41, 5.74) is 3.10. The molecular formula is C12H12ClN3. The van der Waals surface area contributed by atoms with E-state index >= 15 is 0 Å². The summed E-state index contributed by atoms with van der Waals surface area (Å²) in [6.45, 7) is 0. The van der Waals surface area contributed by atoms with Crippen molar-refractivity contribution in [2.24, 2.45) is 0 Å². The van der Waals surface area contributed by atoms with Crippen molar-refractivity contribution in [3.8, 4) is 5.69 Å². The normalized spacial score (nSPS) is 15.3. The standard InChI is InChI=1S/C12H12ClN3/c13-8-10-7-11(3-5-14-10)16-6-4-12(15-16)9-1-2-9/h3-7,9H,1-2,8H2. The van der Waals surface area contributed by atoms with Crippen LogP contribution in [0.2, 0.25) is 0 Å². The molecule has 3 rings (SSSR count). The Bertz CT molecular complexity index is 502. The van der Waals surface area contributed by atoms with E-state index in [9.17, 15) is 0 Å². The molecule has 2 aromatic heterocycles. The first kappa shape index (κ1) is 9.85. The molecular weight excluding hydrogens is 222 g/mol. The van der Waals surface area contributed by atoms with Gasteiger partial charge in [0.05, 0.1) is 23.0 Å². The fourth-order valence-corrected chi connectivity index (χ4v) is 1.91. The van der Waals surface area contributed by atoms with Crippen molar-refractivity contribution in [2.75, 3.05) is 0 Å². The van der Waals surface area contributed by atoms with E-state index in [0.29, 0.717) is 11.8 Å². The van der Waals surface area contributed by atoms with E-state index in [1.165, 1.54) is 18.5 Å².